The third kappa shape index (κ3) is 4.77. The van der Waals surface area contributed by atoms with Gasteiger partial charge >= 0.3 is 29.6 Å². The summed E-state index contributed by atoms with van der Waals surface area (Å²) in [6.45, 7) is 2.18. The summed E-state index contributed by atoms with van der Waals surface area (Å²) < 4.78 is 0.594. The number of aliphatic hydroxyl groups excluding tert-OH is 1. The first kappa shape index (κ1) is 23.7. The molecule has 1 unspecified atom stereocenters. The minimum Gasteiger partial charge on any atom is -0.547 e. The monoisotopic (exact) mass is 446 g/mol. The largest absolute Gasteiger partial charge is 1.00 e. The van der Waals surface area contributed by atoms with Crippen molar-refractivity contribution in [1.82, 2.24) is 9.80 Å². The van der Waals surface area contributed by atoms with Crippen molar-refractivity contribution in [3.8, 4) is 0 Å². The maximum atomic E-state index is 12.2. The van der Waals surface area contributed by atoms with Gasteiger partial charge in [0.25, 0.3) is 0 Å². The summed E-state index contributed by atoms with van der Waals surface area (Å²) in [5.74, 6) is -2.26. The molecule has 0 aliphatic carbocycles. The number of rotatable bonds is 5. The number of β-lactam (4-membered cyclic amide) rings is 1. The molecule has 1 aromatic carbocycles. The Labute approximate surface area is 200 Å². The number of thiocarbonyl (C=S) groups is 1. The molecule has 0 saturated carbocycles. The molecule has 1 amide bonds. The molecule has 0 radical (unpaired) electrons. The van der Waals surface area contributed by atoms with Crippen LogP contribution in [0.3, 0.4) is 0 Å². The van der Waals surface area contributed by atoms with Crippen molar-refractivity contribution in [1.29, 1.82) is 0 Å². The van der Waals surface area contributed by atoms with E-state index in [0.717, 1.165) is 5.56 Å². The van der Waals surface area contributed by atoms with Crippen LogP contribution in [-0.2, 0) is 16.1 Å². The third-order valence-corrected chi connectivity index (χ3v) is 7.53. The van der Waals surface area contributed by atoms with E-state index in [0.29, 0.717) is 15.8 Å². The zero-order valence-electron chi connectivity index (χ0n) is 15.8. The first-order valence-corrected chi connectivity index (χ1v) is 10.5. The van der Waals surface area contributed by atoms with Crippen LogP contribution in [0.25, 0.3) is 0 Å². The van der Waals surface area contributed by atoms with E-state index in [1.807, 2.05) is 42.3 Å². The van der Waals surface area contributed by atoms with E-state index in [4.69, 9.17) is 12.2 Å². The molecular formula is C18H19N2NaO4S3. The smallest absolute Gasteiger partial charge is 0.547 e. The molecule has 2 aliphatic heterocycles. The number of nitrogens with zero attached hydrogens (tertiary/aromatic N) is 2. The molecule has 0 spiro atoms. The predicted octanol–water partition coefficient (Wildman–Crippen LogP) is -1.99. The second kappa shape index (κ2) is 9.97. The molecular weight excluding hydrogens is 427 g/mol. The second-order valence-electron chi connectivity index (χ2n) is 6.49. The number of benzene rings is 1. The maximum Gasteiger partial charge on any atom is 1.00 e. The standard InChI is InChI=1S/C18H20N2O4S3.Na/c1-10(21)13-15(22)20-14(17(23)24)12(27-16(13)20)9-26-18(25)19(2)8-11-6-4-3-5-7-11;/h3-7,9-10,13-14,16,21H,8H2,1-2H3,(H,23,24);/q;+1/p-1/t10-,13+,14?,16-;/m1./s1. The Bertz CT molecular complexity index is 790. The average Bonchev–Trinajstić information content (AvgIpc) is 2.94. The number of thioether (sulfide) groups is 2. The van der Waals surface area contributed by atoms with E-state index in [1.54, 1.807) is 12.3 Å². The Morgan fingerprint density at radius 3 is 2.68 bits per heavy atom. The third-order valence-electron chi connectivity index (χ3n) is 4.52. The van der Waals surface area contributed by atoms with Gasteiger partial charge in [-0.2, -0.15) is 0 Å². The van der Waals surface area contributed by atoms with Gasteiger partial charge in [-0.3, -0.25) is 4.79 Å². The Hall–Kier alpha value is -0.550. The molecule has 2 aliphatic rings. The van der Waals surface area contributed by atoms with Crippen LogP contribution in [-0.4, -0.2) is 55.7 Å². The summed E-state index contributed by atoms with van der Waals surface area (Å²) in [6.07, 6.45) is -0.821. The van der Waals surface area contributed by atoms with Crippen LogP contribution in [0.5, 0.6) is 0 Å². The molecule has 0 aromatic heterocycles. The molecule has 4 atom stereocenters. The molecule has 2 saturated heterocycles. The van der Waals surface area contributed by atoms with Gasteiger partial charge < -0.3 is 24.8 Å². The van der Waals surface area contributed by atoms with Gasteiger partial charge in [-0.1, -0.05) is 54.3 Å². The number of carbonyl (C=O) groups is 2. The number of hydrogen-bond donors (Lipinski definition) is 1. The van der Waals surface area contributed by atoms with Crippen LogP contribution < -0.4 is 34.7 Å². The van der Waals surface area contributed by atoms with Crippen LogP contribution in [0.1, 0.15) is 12.5 Å². The van der Waals surface area contributed by atoms with Crippen molar-refractivity contribution in [3.63, 3.8) is 0 Å². The maximum absolute atomic E-state index is 12.2. The fourth-order valence-corrected chi connectivity index (χ4v) is 5.76. The molecule has 0 bridgehead atoms. The number of carboxylic acid groups (broad SMARTS) is 1. The van der Waals surface area contributed by atoms with Crippen LogP contribution in [0.4, 0.5) is 0 Å². The van der Waals surface area contributed by atoms with Crippen LogP contribution in [0, 0.1) is 5.92 Å². The Morgan fingerprint density at radius 1 is 1.46 bits per heavy atom. The summed E-state index contributed by atoms with van der Waals surface area (Å²) in [5, 5.41) is 22.6. The predicted molar refractivity (Wildman–Crippen MR) is 108 cm³/mol. The summed E-state index contributed by atoms with van der Waals surface area (Å²) in [4.78, 5) is 27.4. The van der Waals surface area contributed by atoms with E-state index in [2.05, 4.69) is 0 Å². The van der Waals surface area contributed by atoms with Gasteiger partial charge in [0.2, 0.25) is 5.91 Å². The molecule has 144 valence electrons. The van der Waals surface area contributed by atoms with Gasteiger partial charge in [-0.15, -0.1) is 11.8 Å². The number of fused-ring (bicyclic) bond motifs is 1. The molecule has 3 rings (SSSR count). The Kier molecular flexibility index (Phi) is 8.45. The Morgan fingerprint density at radius 2 is 2.11 bits per heavy atom. The minimum absolute atomic E-state index is 0. The van der Waals surface area contributed by atoms with Gasteiger partial charge in [-0.05, 0) is 17.9 Å². The number of aliphatic hydroxyl groups is 1. The van der Waals surface area contributed by atoms with Gasteiger partial charge in [0.05, 0.1) is 23.4 Å². The quantitative estimate of drug-likeness (QED) is 0.316. The number of carbonyl (C=O) groups excluding carboxylic acids is 2. The van der Waals surface area contributed by atoms with Crippen LogP contribution >= 0.6 is 35.7 Å². The summed E-state index contributed by atoms with van der Waals surface area (Å²) in [6, 6.07) is 8.77. The zero-order valence-corrected chi connectivity index (χ0v) is 20.2. The normalized spacial score (nSPS) is 25.5. The summed E-state index contributed by atoms with van der Waals surface area (Å²) in [7, 11) is 1.87. The van der Waals surface area contributed by atoms with Gasteiger partial charge in [0.15, 0.2) is 0 Å². The van der Waals surface area contributed by atoms with Gasteiger partial charge in [0.1, 0.15) is 10.4 Å². The van der Waals surface area contributed by atoms with E-state index in [1.165, 1.54) is 28.4 Å². The van der Waals surface area contributed by atoms with Crippen LogP contribution in [0.15, 0.2) is 40.6 Å². The van der Waals surface area contributed by atoms with Crippen molar-refractivity contribution >= 4 is 51.9 Å². The van der Waals surface area contributed by atoms with Crippen molar-refractivity contribution < 1.29 is 49.4 Å². The summed E-state index contributed by atoms with van der Waals surface area (Å²) in [5.41, 5.74) is 1.12. The second-order valence-corrected chi connectivity index (χ2v) is 9.18. The first-order chi connectivity index (χ1) is 12.8. The molecule has 6 nitrogen and oxygen atoms in total. The minimum atomic E-state index is -1.32. The topological polar surface area (TPSA) is 83.9 Å². The van der Waals surface area contributed by atoms with Crippen LogP contribution in [0.2, 0.25) is 0 Å². The Balaban J connectivity index is 0.00000280. The molecule has 2 fully saturated rings. The van der Waals surface area contributed by atoms with Crippen molar-refractivity contribution in [2.75, 3.05) is 7.05 Å². The fraction of sp³-hybridized carbons (Fsp3) is 0.389. The molecule has 1 N–H and O–H groups in total. The van der Waals surface area contributed by atoms with Crippen molar-refractivity contribution in [3.05, 3.63) is 46.2 Å². The number of amides is 1. The zero-order chi connectivity index (χ0) is 19.7. The number of hydrogen-bond acceptors (Lipinski definition) is 7. The van der Waals surface area contributed by atoms with E-state index < -0.39 is 24.0 Å². The van der Waals surface area contributed by atoms with Gasteiger partial charge in [0, 0.05) is 18.5 Å². The van der Waals surface area contributed by atoms with Crippen molar-refractivity contribution in [2.45, 2.75) is 31.0 Å². The molecule has 28 heavy (non-hydrogen) atoms. The van der Waals surface area contributed by atoms with Crippen molar-refractivity contribution in [2.24, 2.45) is 5.92 Å². The van der Waals surface area contributed by atoms with E-state index >= 15 is 0 Å². The van der Waals surface area contributed by atoms with E-state index in [9.17, 15) is 19.8 Å². The number of carboxylic acids is 1. The fourth-order valence-electron chi connectivity index (χ4n) is 3.14. The number of aliphatic carboxylic acids is 1. The molecule has 1 aromatic rings. The SMILES string of the molecule is C[C@@H](O)[C@H]1C(=O)N2C(C(=O)[O-])C(=CSC(=S)N(C)Cc3ccccc3)S[C@H]12.[Na+]. The molecule has 2 heterocycles. The van der Waals surface area contributed by atoms with Gasteiger partial charge in [-0.25, -0.2) is 0 Å². The molecule has 10 heteroatoms. The first-order valence-electron chi connectivity index (χ1n) is 8.34. The average molecular weight is 447 g/mol. The summed E-state index contributed by atoms with van der Waals surface area (Å²) >= 11 is 7.96. The van der Waals surface area contributed by atoms with E-state index in [-0.39, 0.29) is 40.8 Å².